The van der Waals surface area contributed by atoms with E-state index in [2.05, 4.69) is 4.98 Å². The van der Waals surface area contributed by atoms with Gasteiger partial charge >= 0.3 is 0 Å². The Morgan fingerprint density at radius 3 is 2.50 bits per heavy atom. The molecule has 0 bridgehead atoms. The zero-order chi connectivity index (χ0) is 11.7. The van der Waals surface area contributed by atoms with Crippen LogP contribution >= 0.6 is 11.6 Å². The van der Waals surface area contributed by atoms with E-state index < -0.39 is 0 Å². The van der Waals surface area contributed by atoms with Gasteiger partial charge in [0.05, 0.1) is 5.02 Å². The molecule has 0 radical (unpaired) electrons. The summed E-state index contributed by atoms with van der Waals surface area (Å²) < 4.78 is 0. The van der Waals surface area contributed by atoms with Crippen molar-refractivity contribution >= 4 is 17.4 Å². The average Bonchev–Trinajstić information content (AvgIpc) is 2.58. The first-order chi connectivity index (χ1) is 7.61. The van der Waals surface area contributed by atoms with E-state index in [-0.39, 0.29) is 5.78 Å². The van der Waals surface area contributed by atoms with Crippen molar-refractivity contribution in [3.05, 3.63) is 57.9 Å². The molecule has 82 valence electrons. The van der Waals surface area contributed by atoms with Crippen molar-refractivity contribution in [2.45, 2.75) is 13.8 Å². The lowest BCUT2D eigenvalue weighted by molar-refractivity contribution is 0.103. The van der Waals surface area contributed by atoms with Crippen LogP contribution in [0.2, 0.25) is 5.02 Å². The number of hydrogen-bond donors (Lipinski definition) is 1. The van der Waals surface area contributed by atoms with Gasteiger partial charge in [0.2, 0.25) is 0 Å². The van der Waals surface area contributed by atoms with E-state index in [4.69, 9.17) is 11.6 Å². The number of aromatic amines is 1. The molecule has 1 heterocycles. The second-order valence-corrected chi connectivity index (χ2v) is 4.19. The fourth-order valence-electron chi connectivity index (χ4n) is 1.79. The predicted molar refractivity (Wildman–Crippen MR) is 65.2 cm³/mol. The van der Waals surface area contributed by atoms with Crippen molar-refractivity contribution in [1.29, 1.82) is 0 Å². The summed E-state index contributed by atoms with van der Waals surface area (Å²) in [6.45, 7) is 3.80. The van der Waals surface area contributed by atoms with Crippen LogP contribution in [0.25, 0.3) is 0 Å². The Morgan fingerprint density at radius 1 is 1.25 bits per heavy atom. The Morgan fingerprint density at radius 2 is 1.94 bits per heavy atom. The summed E-state index contributed by atoms with van der Waals surface area (Å²) in [5.74, 6) is -0.0261. The van der Waals surface area contributed by atoms with Crippen molar-refractivity contribution in [2.75, 3.05) is 0 Å². The molecule has 2 rings (SSSR count). The molecule has 1 aromatic heterocycles. The molecule has 0 saturated carbocycles. The van der Waals surface area contributed by atoms with Crippen molar-refractivity contribution < 1.29 is 4.79 Å². The highest BCUT2D eigenvalue weighted by molar-refractivity contribution is 6.35. The molecule has 3 heteroatoms. The molecule has 1 aromatic carbocycles. The molecule has 0 aliphatic heterocycles. The Kier molecular flexibility index (Phi) is 2.84. The monoisotopic (exact) mass is 233 g/mol. The maximum atomic E-state index is 12.3. The predicted octanol–water partition coefficient (Wildman–Crippen LogP) is 3.52. The lowest BCUT2D eigenvalue weighted by Crippen LogP contribution is -2.04. The first kappa shape index (κ1) is 11.0. The van der Waals surface area contributed by atoms with Crippen LogP contribution in [0.4, 0.5) is 0 Å². The SMILES string of the molecule is Cc1c[nH]c(C)c1C(=O)c1ccccc1Cl. The minimum absolute atomic E-state index is 0.0261. The number of H-pyrrole nitrogens is 1. The third-order valence-electron chi connectivity index (χ3n) is 2.62. The topological polar surface area (TPSA) is 32.9 Å². The number of ketones is 1. The van der Waals surface area contributed by atoms with E-state index in [0.717, 1.165) is 11.3 Å². The third kappa shape index (κ3) is 1.76. The number of halogens is 1. The van der Waals surface area contributed by atoms with Crippen LogP contribution in [-0.4, -0.2) is 10.8 Å². The van der Waals surface area contributed by atoms with Crippen LogP contribution in [0.1, 0.15) is 27.2 Å². The van der Waals surface area contributed by atoms with Gasteiger partial charge in [-0.05, 0) is 31.5 Å². The first-order valence-corrected chi connectivity index (χ1v) is 5.43. The van der Waals surface area contributed by atoms with Crippen LogP contribution < -0.4 is 0 Å². The summed E-state index contributed by atoms with van der Waals surface area (Å²) in [6, 6.07) is 7.11. The van der Waals surface area contributed by atoms with E-state index in [1.807, 2.05) is 32.2 Å². The molecule has 0 aliphatic rings. The van der Waals surface area contributed by atoms with Gasteiger partial charge in [-0.2, -0.15) is 0 Å². The zero-order valence-electron chi connectivity index (χ0n) is 9.17. The minimum atomic E-state index is -0.0261. The normalized spacial score (nSPS) is 10.4. The highest BCUT2D eigenvalue weighted by atomic mass is 35.5. The van der Waals surface area contributed by atoms with Gasteiger partial charge in [0.1, 0.15) is 0 Å². The molecular weight excluding hydrogens is 222 g/mol. The number of aromatic nitrogens is 1. The highest BCUT2D eigenvalue weighted by Crippen LogP contribution is 2.22. The largest absolute Gasteiger partial charge is 0.364 e. The minimum Gasteiger partial charge on any atom is -0.364 e. The van der Waals surface area contributed by atoms with Crippen molar-refractivity contribution in [1.82, 2.24) is 4.98 Å². The van der Waals surface area contributed by atoms with E-state index >= 15 is 0 Å². The van der Waals surface area contributed by atoms with Crippen LogP contribution in [0.15, 0.2) is 30.5 Å². The van der Waals surface area contributed by atoms with Gasteiger partial charge in [0.15, 0.2) is 5.78 Å². The molecule has 0 spiro atoms. The fraction of sp³-hybridized carbons (Fsp3) is 0.154. The first-order valence-electron chi connectivity index (χ1n) is 5.05. The second kappa shape index (κ2) is 4.14. The number of rotatable bonds is 2. The Bertz CT molecular complexity index is 523. The third-order valence-corrected chi connectivity index (χ3v) is 2.95. The van der Waals surface area contributed by atoms with E-state index in [0.29, 0.717) is 16.1 Å². The lowest BCUT2D eigenvalue weighted by Gasteiger charge is -2.04. The number of benzene rings is 1. The Balaban J connectivity index is 2.52. The summed E-state index contributed by atoms with van der Waals surface area (Å²) in [4.78, 5) is 15.3. The van der Waals surface area contributed by atoms with Crippen molar-refractivity contribution in [2.24, 2.45) is 0 Å². The smallest absolute Gasteiger partial charge is 0.196 e. The Hall–Kier alpha value is -1.54. The maximum Gasteiger partial charge on any atom is 0.196 e. The van der Waals surface area contributed by atoms with E-state index in [1.165, 1.54) is 0 Å². The molecule has 0 unspecified atom stereocenters. The van der Waals surface area contributed by atoms with Gasteiger partial charge in [-0.15, -0.1) is 0 Å². The number of aryl methyl sites for hydroxylation is 2. The summed E-state index contributed by atoms with van der Waals surface area (Å²) >= 11 is 6.01. The second-order valence-electron chi connectivity index (χ2n) is 3.78. The average molecular weight is 234 g/mol. The van der Waals surface area contributed by atoms with Crippen LogP contribution in [0.5, 0.6) is 0 Å². The van der Waals surface area contributed by atoms with Crippen LogP contribution in [0.3, 0.4) is 0 Å². The van der Waals surface area contributed by atoms with E-state index in [9.17, 15) is 4.79 Å². The van der Waals surface area contributed by atoms with Gasteiger partial charge in [0, 0.05) is 23.0 Å². The number of nitrogens with one attached hydrogen (secondary N) is 1. The molecule has 16 heavy (non-hydrogen) atoms. The maximum absolute atomic E-state index is 12.3. The highest BCUT2D eigenvalue weighted by Gasteiger charge is 2.17. The lowest BCUT2D eigenvalue weighted by atomic mass is 10.0. The van der Waals surface area contributed by atoms with Crippen LogP contribution in [0, 0.1) is 13.8 Å². The molecule has 0 saturated heterocycles. The van der Waals surface area contributed by atoms with Gasteiger partial charge in [-0.25, -0.2) is 0 Å². The molecule has 0 aliphatic carbocycles. The zero-order valence-corrected chi connectivity index (χ0v) is 9.93. The molecule has 1 N–H and O–H groups in total. The summed E-state index contributed by atoms with van der Waals surface area (Å²) in [7, 11) is 0. The summed E-state index contributed by atoms with van der Waals surface area (Å²) in [6.07, 6.45) is 1.83. The quantitative estimate of drug-likeness (QED) is 0.791. The summed E-state index contributed by atoms with van der Waals surface area (Å²) in [5, 5.41) is 0.493. The van der Waals surface area contributed by atoms with Gasteiger partial charge in [-0.3, -0.25) is 4.79 Å². The van der Waals surface area contributed by atoms with Crippen molar-refractivity contribution in [3.63, 3.8) is 0 Å². The van der Waals surface area contributed by atoms with E-state index in [1.54, 1.807) is 12.1 Å². The van der Waals surface area contributed by atoms with Gasteiger partial charge < -0.3 is 4.98 Å². The molecule has 0 amide bonds. The number of carbonyl (C=O) groups is 1. The fourth-order valence-corrected chi connectivity index (χ4v) is 2.01. The standard InChI is InChI=1S/C13H12ClNO/c1-8-7-15-9(2)12(8)13(16)10-5-3-4-6-11(10)14/h3-7,15H,1-2H3. The van der Waals surface area contributed by atoms with Crippen LogP contribution in [-0.2, 0) is 0 Å². The molecule has 2 nitrogen and oxygen atoms in total. The number of hydrogen-bond acceptors (Lipinski definition) is 1. The summed E-state index contributed by atoms with van der Waals surface area (Å²) in [5.41, 5.74) is 3.09. The Labute approximate surface area is 99.3 Å². The molecule has 2 aromatic rings. The molecule has 0 fully saturated rings. The number of carbonyl (C=O) groups excluding carboxylic acids is 1. The van der Waals surface area contributed by atoms with Gasteiger partial charge in [-0.1, -0.05) is 23.7 Å². The molecular formula is C13H12ClNO. The molecule has 0 atom stereocenters. The van der Waals surface area contributed by atoms with Gasteiger partial charge in [0.25, 0.3) is 0 Å². The van der Waals surface area contributed by atoms with Crippen molar-refractivity contribution in [3.8, 4) is 0 Å².